The first-order valence-corrected chi connectivity index (χ1v) is 9.71. The van der Waals surface area contributed by atoms with Gasteiger partial charge in [-0.05, 0) is 50.6 Å². The van der Waals surface area contributed by atoms with Crippen LogP contribution in [0.4, 0.5) is 4.39 Å². The highest BCUT2D eigenvalue weighted by Crippen LogP contribution is 2.19. The summed E-state index contributed by atoms with van der Waals surface area (Å²) in [4.78, 5) is 26.8. The Morgan fingerprint density at radius 1 is 1.07 bits per heavy atom. The van der Waals surface area contributed by atoms with Crippen molar-refractivity contribution < 1.29 is 18.7 Å². The Hall–Kier alpha value is -3.48. The van der Waals surface area contributed by atoms with Gasteiger partial charge >= 0.3 is 5.97 Å². The molecule has 2 aromatic carbocycles. The molecule has 3 rings (SSSR count). The van der Waals surface area contributed by atoms with E-state index < -0.39 is 5.97 Å². The van der Waals surface area contributed by atoms with Gasteiger partial charge in [0.2, 0.25) is 0 Å². The molecule has 3 aromatic rings. The van der Waals surface area contributed by atoms with Gasteiger partial charge in [-0.2, -0.15) is 5.10 Å². The first kappa shape index (κ1) is 21.2. The predicted molar refractivity (Wildman–Crippen MR) is 111 cm³/mol. The zero-order valence-corrected chi connectivity index (χ0v) is 17.3. The van der Waals surface area contributed by atoms with Crippen molar-refractivity contribution in [1.29, 1.82) is 0 Å². The molecule has 0 aliphatic heterocycles. The first-order valence-electron chi connectivity index (χ1n) is 9.71. The van der Waals surface area contributed by atoms with E-state index in [1.165, 1.54) is 12.1 Å². The standard InChI is InChI=1S/C23H24FN3O3/c1-4-26(14-18-8-6-5-7-9-18)21(28)15-30-23(29)22-16(2)25-27(17(22)3)20-12-10-19(24)11-13-20/h5-13H,4,14-15H2,1-3H3. The quantitative estimate of drug-likeness (QED) is 0.557. The van der Waals surface area contributed by atoms with Gasteiger partial charge in [0.05, 0.1) is 17.1 Å². The predicted octanol–water partition coefficient (Wildman–Crippen LogP) is 3.83. The molecule has 0 radical (unpaired) electrons. The Morgan fingerprint density at radius 2 is 1.73 bits per heavy atom. The number of aromatic nitrogens is 2. The van der Waals surface area contributed by atoms with Gasteiger partial charge in [-0.25, -0.2) is 13.9 Å². The van der Waals surface area contributed by atoms with Crippen molar-refractivity contribution in [3.63, 3.8) is 0 Å². The summed E-state index contributed by atoms with van der Waals surface area (Å²) in [5.41, 5.74) is 2.98. The lowest BCUT2D eigenvalue weighted by atomic mass is 10.2. The van der Waals surface area contributed by atoms with Gasteiger partial charge in [0, 0.05) is 13.1 Å². The maximum Gasteiger partial charge on any atom is 0.342 e. The number of carbonyl (C=O) groups is 2. The molecule has 0 spiro atoms. The number of rotatable bonds is 7. The SMILES string of the molecule is CCN(Cc1ccccc1)C(=O)COC(=O)c1c(C)nn(-c2ccc(F)cc2)c1C. The van der Waals surface area contributed by atoms with Crippen LogP contribution in [-0.4, -0.2) is 39.7 Å². The molecule has 30 heavy (non-hydrogen) atoms. The van der Waals surface area contributed by atoms with E-state index >= 15 is 0 Å². The minimum atomic E-state index is -0.609. The summed E-state index contributed by atoms with van der Waals surface area (Å²) < 4.78 is 20.0. The number of aryl methyl sites for hydroxylation is 1. The lowest BCUT2D eigenvalue weighted by molar-refractivity contribution is -0.134. The van der Waals surface area contributed by atoms with Gasteiger partial charge in [0.25, 0.3) is 5.91 Å². The van der Waals surface area contributed by atoms with E-state index in [1.807, 2.05) is 37.3 Å². The van der Waals surface area contributed by atoms with Crippen molar-refractivity contribution in [1.82, 2.24) is 14.7 Å². The summed E-state index contributed by atoms with van der Waals surface area (Å²) in [7, 11) is 0. The Labute approximate surface area is 174 Å². The number of benzene rings is 2. The monoisotopic (exact) mass is 409 g/mol. The highest BCUT2D eigenvalue weighted by molar-refractivity contribution is 5.93. The molecule has 1 aromatic heterocycles. The van der Waals surface area contributed by atoms with Crippen LogP contribution in [0.5, 0.6) is 0 Å². The largest absolute Gasteiger partial charge is 0.452 e. The van der Waals surface area contributed by atoms with Crippen molar-refractivity contribution in [3.8, 4) is 5.69 Å². The summed E-state index contributed by atoms with van der Waals surface area (Å²) in [5.74, 6) is -1.23. The summed E-state index contributed by atoms with van der Waals surface area (Å²) >= 11 is 0. The van der Waals surface area contributed by atoms with Gasteiger partial charge < -0.3 is 9.64 Å². The maximum absolute atomic E-state index is 13.2. The Kier molecular flexibility index (Phi) is 6.61. The second-order valence-electron chi connectivity index (χ2n) is 6.90. The molecule has 0 saturated heterocycles. The number of halogens is 1. The van der Waals surface area contributed by atoms with Crippen molar-refractivity contribution >= 4 is 11.9 Å². The van der Waals surface area contributed by atoms with E-state index in [9.17, 15) is 14.0 Å². The van der Waals surface area contributed by atoms with E-state index in [2.05, 4.69) is 5.10 Å². The zero-order valence-electron chi connectivity index (χ0n) is 17.3. The fraction of sp³-hybridized carbons (Fsp3) is 0.261. The number of esters is 1. The molecule has 0 unspecified atom stereocenters. The van der Waals surface area contributed by atoms with Crippen molar-refractivity contribution in [2.24, 2.45) is 0 Å². The van der Waals surface area contributed by atoms with E-state index in [1.54, 1.807) is 35.6 Å². The van der Waals surface area contributed by atoms with Crippen LogP contribution in [0.3, 0.4) is 0 Å². The maximum atomic E-state index is 13.2. The molecule has 156 valence electrons. The molecular formula is C23H24FN3O3. The van der Waals surface area contributed by atoms with Gasteiger partial charge in [0.15, 0.2) is 6.61 Å². The molecule has 0 fully saturated rings. The van der Waals surface area contributed by atoms with Gasteiger partial charge in [-0.3, -0.25) is 4.79 Å². The molecular weight excluding hydrogens is 385 g/mol. The van der Waals surface area contributed by atoms with Crippen LogP contribution >= 0.6 is 0 Å². The Bertz CT molecular complexity index is 1030. The average Bonchev–Trinajstić information content (AvgIpc) is 3.05. The number of hydrogen-bond donors (Lipinski definition) is 0. The highest BCUT2D eigenvalue weighted by Gasteiger charge is 2.22. The van der Waals surface area contributed by atoms with Crippen molar-refractivity contribution in [2.45, 2.75) is 27.3 Å². The van der Waals surface area contributed by atoms with Crippen LogP contribution in [0.1, 0.15) is 34.2 Å². The Morgan fingerprint density at radius 3 is 2.37 bits per heavy atom. The fourth-order valence-corrected chi connectivity index (χ4v) is 3.24. The molecule has 0 N–H and O–H groups in total. The van der Waals surface area contributed by atoms with Gasteiger partial charge in [-0.15, -0.1) is 0 Å². The van der Waals surface area contributed by atoms with E-state index in [0.29, 0.717) is 35.7 Å². The number of hydrogen-bond acceptors (Lipinski definition) is 4. The lowest BCUT2D eigenvalue weighted by Crippen LogP contribution is -2.34. The number of likely N-dealkylation sites (N-methyl/N-ethyl adjacent to an activating group) is 1. The molecule has 7 heteroatoms. The number of amides is 1. The van der Waals surface area contributed by atoms with Crippen LogP contribution in [0, 0.1) is 19.7 Å². The molecule has 0 bridgehead atoms. The number of nitrogens with zero attached hydrogens (tertiary/aromatic N) is 3. The topological polar surface area (TPSA) is 64.4 Å². The Balaban J connectivity index is 1.68. The van der Waals surface area contributed by atoms with Gasteiger partial charge in [0.1, 0.15) is 11.4 Å². The van der Waals surface area contributed by atoms with Crippen LogP contribution < -0.4 is 0 Å². The third-order valence-electron chi connectivity index (χ3n) is 4.84. The zero-order chi connectivity index (χ0) is 21.7. The summed E-state index contributed by atoms with van der Waals surface area (Å²) in [6.07, 6.45) is 0. The second-order valence-corrected chi connectivity index (χ2v) is 6.90. The molecule has 0 atom stereocenters. The smallest absolute Gasteiger partial charge is 0.342 e. The summed E-state index contributed by atoms with van der Waals surface area (Å²) in [6, 6.07) is 15.4. The lowest BCUT2D eigenvalue weighted by Gasteiger charge is -2.20. The van der Waals surface area contributed by atoms with E-state index in [-0.39, 0.29) is 18.3 Å². The minimum absolute atomic E-state index is 0.268. The molecule has 0 aliphatic carbocycles. The summed E-state index contributed by atoms with van der Waals surface area (Å²) in [6.45, 7) is 5.92. The normalized spacial score (nSPS) is 10.7. The number of ether oxygens (including phenoxy) is 1. The summed E-state index contributed by atoms with van der Waals surface area (Å²) in [5, 5.41) is 4.36. The third-order valence-corrected chi connectivity index (χ3v) is 4.84. The average molecular weight is 409 g/mol. The van der Waals surface area contributed by atoms with Crippen LogP contribution in [0.2, 0.25) is 0 Å². The molecule has 0 saturated carbocycles. The third kappa shape index (κ3) is 4.74. The van der Waals surface area contributed by atoms with Crippen molar-refractivity contribution in [3.05, 3.63) is 82.9 Å². The molecule has 1 amide bonds. The van der Waals surface area contributed by atoms with Crippen LogP contribution in [0.15, 0.2) is 54.6 Å². The van der Waals surface area contributed by atoms with Crippen LogP contribution in [-0.2, 0) is 16.1 Å². The minimum Gasteiger partial charge on any atom is -0.452 e. The highest BCUT2D eigenvalue weighted by atomic mass is 19.1. The first-order chi connectivity index (χ1) is 14.4. The molecule has 0 aliphatic rings. The van der Waals surface area contributed by atoms with Gasteiger partial charge in [-0.1, -0.05) is 30.3 Å². The second kappa shape index (κ2) is 9.35. The number of carbonyl (C=O) groups excluding carboxylic acids is 2. The molecule has 6 nitrogen and oxygen atoms in total. The van der Waals surface area contributed by atoms with E-state index in [4.69, 9.17) is 4.74 Å². The van der Waals surface area contributed by atoms with E-state index in [0.717, 1.165) is 5.56 Å². The molecule has 1 heterocycles. The van der Waals surface area contributed by atoms with Crippen LogP contribution in [0.25, 0.3) is 5.69 Å². The fourth-order valence-electron chi connectivity index (χ4n) is 3.24. The van der Waals surface area contributed by atoms with Crippen molar-refractivity contribution in [2.75, 3.05) is 13.2 Å².